The summed E-state index contributed by atoms with van der Waals surface area (Å²) < 4.78 is 0. The summed E-state index contributed by atoms with van der Waals surface area (Å²) in [4.78, 5) is 27.3. The molecule has 162 valence electrons. The van der Waals surface area contributed by atoms with Gasteiger partial charge in [0, 0.05) is 24.5 Å². The Morgan fingerprint density at radius 1 is 1.03 bits per heavy atom. The number of amides is 2. The van der Waals surface area contributed by atoms with Crippen molar-refractivity contribution in [2.45, 2.75) is 65.5 Å². The van der Waals surface area contributed by atoms with Gasteiger partial charge in [0.25, 0.3) is 0 Å². The largest absolute Gasteiger partial charge is 0.354 e. The van der Waals surface area contributed by atoms with Crippen LogP contribution in [0.5, 0.6) is 0 Å². The van der Waals surface area contributed by atoms with Gasteiger partial charge in [0.1, 0.15) is 6.04 Å². The van der Waals surface area contributed by atoms with E-state index in [1.54, 1.807) is 17.9 Å². The number of hydrogen-bond acceptors (Lipinski definition) is 2. The van der Waals surface area contributed by atoms with Crippen LogP contribution in [-0.4, -0.2) is 29.3 Å². The Labute approximate surface area is 185 Å². The molecule has 0 aliphatic heterocycles. The number of halogens is 1. The van der Waals surface area contributed by atoms with Crippen LogP contribution in [0.25, 0.3) is 0 Å². The highest BCUT2D eigenvalue weighted by molar-refractivity contribution is 6.31. The minimum atomic E-state index is -0.566. The zero-order valence-corrected chi connectivity index (χ0v) is 19.2. The van der Waals surface area contributed by atoms with Gasteiger partial charge in [-0.3, -0.25) is 9.59 Å². The molecule has 0 aliphatic carbocycles. The molecule has 0 bridgehead atoms. The summed E-state index contributed by atoms with van der Waals surface area (Å²) in [5.74, 6) is 0.287. The highest BCUT2D eigenvalue weighted by atomic mass is 35.5. The third-order valence-electron chi connectivity index (χ3n) is 5.29. The van der Waals surface area contributed by atoms with Crippen LogP contribution in [0, 0.1) is 0 Å². The van der Waals surface area contributed by atoms with Crippen LogP contribution >= 0.6 is 11.6 Å². The van der Waals surface area contributed by atoms with Gasteiger partial charge in [-0.2, -0.15) is 0 Å². The van der Waals surface area contributed by atoms with Crippen molar-refractivity contribution in [2.24, 2.45) is 0 Å². The molecule has 0 heterocycles. The molecular weight excluding hydrogens is 396 g/mol. The zero-order chi connectivity index (χ0) is 22.1. The van der Waals surface area contributed by atoms with E-state index in [-0.39, 0.29) is 11.8 Å². The van der Waals surface area contributed by atoms with E-state index in [1.165, 1.54) is 5.56 Å². The molecule has 0 fully saturated rings. The molecule has 0 spiro atoms. The molecule has 2 aromatic rings. The molecule has 2 rings (SSSR count). The second-order valence-electron chi connectivity index (χ2n) is 7.98. The molecule has 30 heavy (non-hydrogen) atoms. The van der Waals surface area contributed by atoms with E-state index < -0.39 is 6.04 Å². The van der Waals surface area contributed by atoms with Crippen LogP contribution in [0.2, 0.25) is 5.02 Å². The molecule has 0 unspecified atom stereocenters. The maximum atomic E-state index is 13.1. The van der Waals surface area contributed by atoms with E-state index >= 15 is 0 Å². The first-order valence-electron chi connectivity index (χ1n) is 10.7. The van der Waals surface area contributed by atoms with Crippen LogP contribution in [-0.2, 0) is 22.6 Å². The molecule has 4 nitrogen and oxygen atoms in total. The lowest BCUT2D eigenvalue weighted by Crippen LogP contribution is -2.47. The van der Waals surface area contributed by atoms with Crippen LogP contribution in [0.1, 0.15) is 63.1 Å². The predicted molar refractivity (Wildman–Crippen MR) is 124 cm³/mol. The number of nitrogens with zero attached hydrogens (tertiary/aromatic N) is 1. The van der Waals surface area contributed by atoms with Crippen molar-refractivity contribution in [2.75, 3.05) is 6.54 Å². The second-order valence-corrected chi connectivity index (χ2v) is 8.38. The van der Waals surface area contributed by atoms with E-state index in [9.17, 15) is 9.59 Å². The summed E-state index contributed by atoms with van der Waals surface area (Å²) in [5.41, 5.74) is 3.24. The van der Waals surface area contributed by atoms with E-state index in [0.29, 0.717) is 36.9 Å². The number of nitrogens with one attached hydrogen (secondary N) is 1. The number of benzene rings is 2. The number of hydrogen-bond donors (Lipinski definition) is 1. The average Bonchev–Trinajstić information content (AvgIpc) is 2.75. The van der Waals surface area contributed by atoms with E-state index in [0.717, 1.165) is 17.5 Å². The van der Waals surface area contributed by atoms with Crippen molar-refractivity contribution in [3.63, 3.8) is 0 Å². The number of rotatable bonds is 10. The van der Waals surface area contributed by atoms with Crippen molar-refractivity contribution in [1.29, 1.82) is 0 Å². The van der Waals surface area contributed by atoms with Crippen molar-refractivity contribution < 1.29 is 9.59 Å². The molecule has 2 amide bonds. The first kappa shape index (κ1) is 23.9. The number of carbonyl (C=O) groups excluding carboxylic acids is 2. The SMILES string of the molecule is CCCNC(=O)[C@H](C)N(Cc1ccccc1Cl)C(=O)CCc1ccc(C(C)C)cc1. The van der Waals surface area contributed by atoms with Gasteiger partial charge < -0.3 is 10.2 Å². The van der Waals surface area contributed by atoms with Crippen LogP contribution in [0.15, 0.2) is 48.5 Å². The van der Waals surface area contributed by atoms with E-state index in [1.807, 2.05) is 25.1 Å². The maximum Gasteiger partial charge on any atom is 0.242 e. The number of carbonyl (C=O) groups is 2. The van der Waals surface area contributed by atoms with Gasteiger partial charge in [0.15, 0.2) is 0 Å². The quantitative estimate of drug-likeness (QED) is 0.555. The van der Waals surface area contributed by atoms with Crippen molar-refractivity contribution in [3.8, 4) is 0 Å². The minimum absolute atomic E-state index is 0.0537. The Morgan fingerprint density at radius 2 is 1.70 bits per heavy atom. The van der Waals surface area contributed by atoms with E-state index in [2.05, 4.69) is 43.4 Å². The summed E-state index contributed by atoms with van der Waals surface area (Å²) in [6.07, 6.45) is 1.83. The Kier molecular flexibility index (Phi) is 9.38. The molecule has 0 saturated carbocycles. The smallest absolute Gasteiger partial charge is 0.242 e. The topological polar surface area (TPSA) is 49.4 Å². The number of aryl methyl sites for hydroxylation is 1. The lowest BCUT2D eigenvalue weighted by molar-refractivity contribution is -0.140. The molecule has 1 N–H and O–H groups in total. The van der Waals surface area contributed by atoms with Gasteiger partial charge in [-0.05, 0) is 48.4 Å². The Hall–Kier alpha value is -2.33. The van der Waals surface area contributed by atoms with E-state index in [4.69, 9.17) is 11.6 Å². The van der Waals surface area contributed by atoms with Gasteiger partial charge in [-0.25, -0.2) is 0 Å². The van der Waals surface area contributed by atoms with Gasteiger partial charge >= 0.3 is 0 Å². The fourth-order valence-corrected chi connectivity index (χ4v) is 3.45. The summed E-state index contributed by atoms with van der Waals surface area (Å²) in [6, 6.07) is 15.3. The lowest BCUT2D eigenvalue weighted by Gasteiger charge is -2.29. The zero-order valence-electron chi connectivity index (χ0n) is 18.5. The predicted octanol–water partition coefficient (Wildman–Crippen LogP) is 5.34. The van der Waals surface area contributed by atoms with Crippen molar-refractivity contribution >= 4 is 23.4 Å². The highest BCUT2D eigenvalue weighted by Crippen LogP contribution is 2.20. The Balaban J connectivity index is 2.12. The van der Waals surface area contributed by atoms with Crippen molar-refractivity contribution in [1.82, 2.24) is 10.2 Å². The van der Waals surface area contributed by atoms with Crippen molar-refractivity contribution in [3.05, 3.63) is 70.2 Å². The monoisotopic (exact) mass is 428 g/mol. The second kappa shape index (κ2) is 11.8. The molecular formula is C25H33ClN2O2. The molecule has 0 saturated heterocycles. The standard InChI is InChI=1S/C25H33ClN2O2/c1-5-16-27-25(30)19(4)28(17-22-8-6-7-9-23(22)26)24(29)15-12-20-10-13-21(14-11-20)18(2)3/h6-11,13-14,18-19H,5,12,15-17H2,1-4H3,(H,27,30)/t19-/m0/s1. The van der Waals surface area contributed by atoms with Gasteiger partial charge in [-0.1, -0.05) is 74.8 Å². The summed E-state index contributed by atoms with van der Waals surface area (Å²) in [5, 5.41) is 3.49. The summed E-state index contributed by atoms with van der Waals surface area (Å²) in [6.45, 7) is 9.01. The highest BCUT2D eigenvalue weighted by Gasteiger charge is 2.26. The average molecular weight is 429 g/mol. The molecule has 5 heteroatoms. The Bertz CT molecular complexity index is 833. The normalized spacial score (nSPS) is 11.9. The Morgan fingerprint density at radius 3 is 2.30 bits per heavy atom. The molecule has 2 aromatic carbocycles. The van der Waals surface area contributed by atoms with Crippen LogP contribution in [0.4, 0.5) is 0 Å². The van der Waals surface area contributed by atoms with Gasteiger partial charge in [0.2, 0.25) is 11.8 Å². The summed E-state index contributed by atoms with van der Waals surface area (Å²) in [7, 11) is 0. The molecule has 0 aliphatic rings. The van der Waals surface area contributed by atoms with Crippen LogP contribution < -0.4 is 5.32 Å². The molecule has 0 radical (unpaired) electrons. The minimum Gasteiger partial charge on any atom is -0.354 e. The molecule has 1 atom stereocenters. The first-order valence-corrected chi connectivity index (χ1v) is 11.1. The lowest BCUT2D eigenvalue weighted by atomic mass is 10.00. The maximum absolute atomic E-state index is 13.1. The summed E-state index contributed by atoms with van der Waals surface area (Å²) >= 11 is 6.32. The first-order chi connectivity index (χ1) is 14.3. The van der Waals surface area contributed by atoms with Crippen LogP contribution in [0.3, 0.4) is 0 Å². The third-order valence-corrected chi connectivity index (χ3v) is 5.66. The van der Waals surface area contributed by atoms with Gasteiger partial charge in [0.05, 0.1) is 0 Å². The van der Waals surface area contributed by atoms with Gasteiger partial charge in [-0.15, -0.1) is 0 Å². The fourth-order valence-electron chi connectivity index (χ4n) is 3.25. The fraction of sp³-hybridized carbons (Fsp3) is 0.440. The third kappa shape index (κ3) is 6.88. The molecule has 0 aromatic heterocycles.